The predicted octanol–water partition coefficient (Wildman–Crippen LogP) is 3.62. The lowest BCUT2D eigenvalue weighted by molar-refractivity contribution is -0.384. The van der Waals surface area contributed by atoms with Crippen molar-refractivity contribution >= 4 is 28.7 Å². The number of aromatic nitrogens is 1. The third kappa shape index (κ3) is 4.66. The van der Waals surface area contributed by atoms with E-state index in [1.54, 1.807) is 18.2 Å². The van der Waals surface area contributed by atoms with Gasteiger partial charge in [0, 0.05) is 36.9 Å². The van der Waals surface area contributed by atoms with Crippen LogP contribution in [0.25, 0.3) is 0 Å². The zero-order valence-corrected chi connectivity index (χ0v) is 16.0. The summed E-state index contributed by atoms with van der Waals surface area (Å²) in [5.41, 5.74) is 6.63. The summed E-state index contributed by atoms with van der Waals surface area (Å²) in [6.07, 6.45) is 1.65. The minimum absolute atomic E-state index is 0.0618. The van der Waals surface area contributed by atoms with Gasteiger partial charge in [-0.25, -0.2) is 9.37 Å². The number of halogens is 1. The van der Waals surface area contributed by atoms with Crippen LogP contribution in [0, 0.1) is 15.9 Å². The second-order valence-corrected chi connectivity index (χ2v) is 7.24. The first kappa shape index (κ1) is 19.8. The van der Waals surface area contributed by atoms with E-state index in [0.717, 1.165) is 12.8 Å². The summed E-state index contributed by atoms with van der Waals surface area (Å²) in [6, 6.07) is 7.92. The van der Waals surface area contributed by atoms with E-state index in [0.29, 0.717) is 30.3 Å². The maximum Gasteiger partial charge on any atom is 0.311 e. The molecule has 1 aliphatic rings. The second-order valence-electron chi connectivity index (χ2n) is 7.24. The van der Waals surface area contributed by atoms with E-state index in [1.165, 1.54) is 12.1 Å². The van der Waals surface area contributed by atoms with E-state index in [4.69, 9.17) is 5.73 Å². The largest absolute Gasteiger partial charge is 0.369 e. The Morgan fingerprint density at radius 1 is 1.29 bits per heavy atom. The fourth-order valence-corrected chi connectivity index (χ4v) is 3.19. The van der Waals surface area contributed by atoms with Crippen molar-refractivity contribution in [2.45, 2.75) is 38.8 Å². The Kier molecular flexibility index (Phi) is 5.93. The van der Waals surface area contributed by atoms with Gasteiger partial charge in [0.05, 0.1) is 10.6 Å². The average Bonchev–Trinajstić information content (AvgIpc) is 2.62. The summed E-state index contributed by atoms with van der Waals surface area (Å²) in [5.74, 6) is 0.177. The molecule has 4 N–H and O–H groups in total. The highest BCUT2D eigenvalue weighted by Gasteiger charge is 2.20. The van der Waals surface area contributed by atoms with Gasteiger partial charge in [0.2, 0.25) is 5.82 Å². The van der Waals surface area contributed by atoms with Crippen molar-refractivity contribution in [3.8, 4) is 0 Å². The van der Waals surface area contributed by atoms with Crippen LogP contribution in [0.5, 0.6) is 0 Å². The Morgan fingerprint density at radius 3 is 2.61 bits per heavy atom. The van der Waals surface area contributed by atoms with Gasteiger partial charge in [-0.15, -0.1) is 0 Å². The molecule has 28 heavy (non-hydrogen) atoms. The molecule has 1 saturated heterocycles. The van der Waals surface area contributed by atoms with Crippen LogP contribution >= 0.6 is 0 Å². The quantitative estimate of drug-likeness (QED) is 0.512. The number of hydrogen-bond donors (Lipinski definition) is 3. The molecule has 2 heterocycles. The number of nitrogens with two attached hydrogens (primary N) is 1. The standard InChI is InChI=1S/C19H25FN6O2/c1-12(2)22-18-6-5-17(26(27)28)19(24-18)23-14-3-4-16(15(20)11-14)25-9-7-13(21)8-10-25/h3-6,11-13H,7-10,21H2,1-2H3,(H2,22,23,24). The van der Waals surface area contributed by atoms with Crippen molar-refractivity contribution in [3.05, 3.63) is 46.3 Å². The molecule has 3 rings (SSSR count). The van der Waals surface area contributed by atoms with Crippen molar-refractivity contribution in [3.63, 3.8) is 0 Å². The van der Waals surface area contributed by atoms with E-state index in [1.807, 2.05) is 18.7 Å². The molecule has 1 fully saturated rings. The molecule has 0 amide bonds. The molecule has 0 spiro atoms. The Balaban J connectivity index is 1.83. The molecule has 1 aromatic heterocycles. The maximum absolute atomic E-state index is 14.7. The number of benzene rings is 1. The van der Waals surface area contributed by atoms with Crippen LogP contribution in [0.15, 0.2) is 30.3 Å². The number of hydrogen-bond acceptors (Lipinski definition) is 7. The summed E-state index contributed by atoms with van der Waals surface area (Å²) < 4.78 is 14.7. The third-order valence-electron chi connectivity index (χ3n) is 4.60. The highest BCUT2D eigenvalue weighted by Crippen LogP contribution is 2.30. The SMILES string of the molecule is CC(C)Nc1ccc([N+](=O)[O-])c(Nc2ccc(N3CCC(N)CC3)c(F)c2)n1. The van der Waals surface area contributed by atoms with E-state index >= 15 is 0 Å². The van der Waals surface area contributed by atoms with Gasteiger partial charge < -0.3 is 21.3 Å². The van der Waals surface area contributed by atoms with Crippen molar-refractivity contribution in [2.24, 2.45) is 5.73 Å². The van der Waals surface area contributed by atoms with Crippen molar-refractivity contribution in [2.75, 3.05) is 28.6 Å². The van der Waals surface area contributed by atoms with Gasteiger partial charge in [-0.3, -0.25) is 10.1 Å². The minimum atomic E-state index is -0.518. The fourth-order valence-electron chi connectivity index (χ4n) is 3.19. The second kappa shape index (κ2) is 8.39. The molecule has 0 unspecified atom stereocenters. The molecule has 0 aliphatic carbocycles. The molecule has 8 nitrogen and oxygen atoms in total. The number of nitrogens with zero attached hydrogens (tertiary/aromatic N) is 3. The number of nitrogens with one attached hydrogen (secondary N) is 2. The number of piperidine rings is 1. The third-order valence-corrected chi connectivity index (χ3v) is 4.60. The number of rotatable bonds is 6. The van der Waals surface area contributed by atoms with Crippen LogP contribution in [0.4, 0.5) is 33.1 Å². The predicted molar refractivity (Wildman–Crippen MR) is 109 cm³/mol. The molecule has 0 atom stereocenters. The summed E-state index contributed by atoms with van der Waals surface area (Å²) in [5, 5.41) is 17.3. The van der Waals surface area contributed by atoms with Gasteiger partial charge in [-0.1, -0.05) is 0 Å². The van der Waals surface area contributed by atoms with E-state index in [9.17, 15) is 14.5 Å². The summed E-state index contributed by atoms with van der Waals surface area (Å²) >= 11 is 0. The van der Waals surface area contributed by atoms with Crippen LogP contribution in [0.3, 0.4) is 0 Å². The van der Waals surface area contributed by atoms with Crippen molar-refractivity contribution in [1.29, 1.82) is 0 Å². The molecule has 150 valence electrons. The zero-order valence-electron chi connectivity index (χ0n) is 16.0. The minimum Gasteiger partial charge on any atom is -0.369 e. The lowest BCUT2D eigenvalue weighted by Crippen LogP contribution is -2.40. The van der Waals surface area contributed by atoms with Gasteiger partial charge in [-0.05, 0) is 51.0 Å². The lowest BCUT2D eigenvalue weighted by atomic mass is 10.1. The van der Waals surface area contributed by atoms with E-state index in [2.05, 4.69) is 15.6 Å². The van der Waals surface area contributed by atoms with E-state index < -0.39 is 4.92 Å². The Labute approximate surface area is 163 Å². The van der Waals surface area contributed by atoms with Gasteiger partial charge >= 0.3 is 5.69 Å². The van der Waals surface area contributed by atoms with Gasteiger partial charge in [0.15, 0.2) is 0 Å². The first-order chi connectivity index (χ1) is 13.3. The number of anilines is 4. The number of pyridine rings is 1. The molecule has 0 saturated carbocycles. The Morgan fingerprint density at radius 2 is 2.00 bits per heavy atom. The van der Waals surface area contributed by atoms with Crippen LogP contribution in [-0.4, -0.2) is 35.1 Å². The average molecular weight is 388 g/mol. The van der Waals surface area contributed by atoms with Gasteiger partial charge in [0.1, 0.15) is 11.6 Å². The first-order valence-electron chi connectivity index (χ1n) is 9.32. The Hall–Kier alpha value is -2.94. The highest BCUT2D eigenvalue weighted by atomic mass is 19.1. The van der Waals surface area contributed by atoms with Crippen LogP contribution in [0.2, 0.25) is 0 Å². The molecule has 2 aromatic rings. The molecular formula is C19H25FN6O2. The molecular weight excluding hydrogens is 363 g/mol. The molecule has 0 radical (unpaired) electrons. The van der Waals surface area contributed by atoms with Crippen LogP contribution in [0.1, 0.15) is 26.7 Å². The van der Waals surface area contributed by atoms with Crippen molar-refractivity contribution < 1.29 is 9.31 Å². The Bertz CT molecular complexity index is 852. The highest BCUT2D eigenvalue weighted by molar-refractivity contribution is 5.69. The summed E-state index contributed by atoms with van der Waals surface area (Å²) in [7, 11) is 0. The monoisotopic (exact) mass is 388 g/mol. The van der Waals surface area contributed by atoms with E-state index in [-0.39, 0.29) is 29.4 Å². The fraction of sp³-hybridized carbons (Fsp3) is 0.421. The van der Waals surface area contributed by atoms with Gasteiger partial charge in [0.25, 0.3) is 0 Å². The van der Waals surface area contributed by atoms with Gasteiger partial charge in [-0.2, -0.15) is 0 Å². The topological polar surface area (TPSA) is 109 Å². The normalized spacial score (nSPS) is 15.0. The molecule has 1 aliphatic heterocycles. The maximum atomic E-state index is 14.7. The summed E-state index contributed by atoms with van der Waals surface area (Å²) in [4.78, 5) is 17.0. The zero-order chi connectivity index (χ0) is 20.3. The van der Waals surface area contributed by atoms with Crippen LogP contribution in [-0.2, 0) is 0 Å². The summed E-state index contributed by atoms with van der Waals surface area (Å²) in [6.45, 7) is 5.30. The smallest absolute Gasteiger partial charge is 0.311 e. The van der Waals surface area contributed by atoms with Crippen molar-refractivity contribution in [1.82, 2.24) is 4.98 Å². The molecule has 0 bridgehead atoms. The number of nitro groups is 1. The molecule has 9 heteroatoms. The first-order valence-corrected chi connectivity index (χ1v) is 9.32. The lowest BCUT2D eigenvalue weighted by Gasteiger charge is -2.32. The molecule has 1 aromatic carbocycles. The van der Waals surface area contributed by atoms with Crippen LogP contribution < -0.4 is 21.3 Å².